The van der Waals surface area contributed by atoms with Gasteiger partial charge in [0.15, 0.2) is 0 Å². The SMILES string of the molecule is CC(C)[C@@H]1CC2(CCC2)CN1. The van der Waals surface area contributed by atoms with Gasteiger partial charge in [-0.25, -0.2) is 0 Å². The quantitative estimate of drug-likeness (QED) is 0.609. The molecule has 1 saturated carbocycles. The standard InChI is InChI=1S/C10H19N/c1-8(2)9-6-10(7-11-9)4-3-5-10/h8-9,11H,3-7H2,1-2H3/t9-/m0/s1. The van der Waals surface area contributed by atoms with Crippen molar-refractivity contribution in [3.8, 4) is 0 Å². The Morgan fingerprint density at radius 2 is 2.09 bits per heavy atom. The highest BCUT2D eigenvalue weighted by Crippen LogP contribution is 2.47. The summed E-state index contributed by atoms with van der Waals surface area (Å²) in [6.07, 6.45) is 5.91. The van der Waals surface area contributed by atoms with Crippen molar-refractivity contribution < 1.29 is 0 Å². The van der Waals surface area contributed by atoms with Gasteiger partial charge in [-0.1, -0.05) is 20.3 Å². The summed E-state index contributed by atoms with van der Waals surface area (Å²) in [7, 11) is 0. The van der Waals surface area contributed by atoms with Crippen molar-refractivity contribution in [2.24, 2.45) is 11.3 Å². The van der Waals surface area contributed by atoms with Gasteiger partial charge in [-0.15, -0.1) is 0 Å². The Labute approximate surface area is 69.6 Å². The first kappa shape index (κ1) is 7.60. The summed E-state index contributed by atoms with van der Waals surface area (Å²) < 4.78 is 0. The highest BCUT2D eigenvalue weighted by molar-refractivity contribution is 4.99. The van der Waals surface area contributed by atoms with Gasteiger partial charge >= 0.3 is 0 Å². The van der Waals surface area contributed by atoms with Crippen molar-refractivity contribution in [2.45, 2.75) is 45.6 Å². The van der Waals surface area contributed by atoms with E-state index in [0.29, 0.717) is 0 Å². The molecule has 0 aromatic rings. The second-order valence-corrected chi connectivity index (χ2v) is 4.79. The predicted molar refractivity (Wildman–Crippen MR) is 47.5 cm³/mol. The minimum Gasteiger partial charge on any atom is -0.313 e. The zero-order chi connectivity index (χ0) is 7.90. The summed E-state index contributed by atoms with van der Waals surface area (Å²) >= 11 is 0. The Bertz CT molecular complexity index is 147. The third-order valence-electron chi connectivity index (χ3n) is 3.61. The van der Waals surface area contributed by atoms with Gasteiger partial charge in [0.1, 0.15) is 0 Å². The zero-order valence-corrected chi connectivity index (χ0v) is 7.69. The first-order valence-corrected chi connectivity index (χ1v) is 4.95. The molecule has 0 unspecified atom stereocenters. The van der Waals surface area contributed by atoms with Crippen molar-refractivity contribution in [1.82, 2.24) is 5.32 Å². The number of rotatable bonds is 1. The molecule has 64 valence electrons. The Hall–Kier alpha value is -0.0400. The van der Waals surface area contributed by atoms with E-state index in [2.05, 4.69) is 19.2 Å². The summed E-state index contributed by atoms with van der Waals surface area (Å²) in [5, 5.41) is 3.65. The van der Waals surface area contributed by atoms with Crippen molar-refractivity contribution in [3.63, 3.8) is 0 Å². The van der Waals surface area contributed by atoms with Crippen LogP contribution in [0.2, 0.25) is 0 Å². The summed E-state index contributed by atoms with van der Waals surface area (Å²) in [5.74, 6) is 0.829. The van der Waals surface area contributed by atoms with Gasteiger partial charge in [0.25, 0.3) is 0 Å². The molecule has 1 N–H and O–H groups in total. The Morgan fingerprint density at radius 1 is 1.36 bits per heavy atom. The van der Waals surface area contributed by atoms with E-state index in [1.54, 1.807) is 0 Å². The van der Waals surface area contributed by atoms with E-state index >= 15 is 0 Å². The van der Waals surface area contributed by atoms with E-state index in [0.717, 1.165) is 17.4 Å². The molecule has 1 saturated heterocycles. The van der Waals surface area contributed by atoms with Gasteiger partial charge in [0.2, 0.25) is 0 Å². The molecule has 0 aromatic heterocycles. The average Bonchev–Trinajstić information content (AvgIpc) is 2.28. The smallest absolute Gasteiger partial charge is 0.00960 e. The van der Waals surface area contributed by atoms with Gasteiger partial charge in [-0.3, -0.25) is 0 Å². The summed E-state index contributed by atoms with van der Waals surface area (Å²) in [5.41, 5.74) is 0.759. The van der Waals surface area contributed by atoms with E-state index in [-0.39, 0.29) is 0 Å². The Balaban J connectivity index is 1.93. The fourth-order valence-corrected chi connectivity index (χ4v) is 2.49. The van der Waals surface area contributed by atoms with Crippen LogP contribution in [0.3, 0.4) is 0 Å². The highest BCUT2D eigenvalue weighted by atomic mass is 15.0. The van der Waals surface area contributed by atoms with Crippen LogP contribution in [0.25, 0.3) is 0 Å². The van der Waals surface area contributed by atoms with Crippen LogP contribution in [0.1, 0.15) is 39.5 Å². The third kappa shape index (κ3) is 1.20. The van der Waals surface area contributed by atoms with Crippen LogP contribution in [-0.2, 0) is 0 Å². The summed E-state index contributed by atoms with van der Waals surface area (Å²) in [4.78, 5) is 0. The van der Waals surface area contributed by atoms with Crippen molar-refractivity contribution in [3.05, 3.63) is 0 Å². The molecule has 0 bridgehead atoms. The van der Waals surface area contributed by atoms with Gasteiger partial charge < -0.3 is 5.32 Å². The lowest BCUT2D eigenvalue weighted by atomic mass is 9.67. The fraction of sp³-hybridized carbons (Fsp3) is 1.00. The molecule has 0 radical (unpaired) electrons. The topological polar surface area (TPSA) is 12.0 Å². The molecule has 2 rings (SSSR count). The molecule has 1 atom stereocenters. The molecular weight excluding hydrogens is 134 g/mol. The first-order chi connectivity index (χ1) is 5.22. The number of nitrogens with one attached hydrogen (secondary N) is 1. The predicted octanol–water partition coefficient (Wildman–Crippen LogP) is 2.17. The number of hydrogen-bond acceptors (Lipinski definition) is 1. The molecule has 1 heterocycles. The van der Waals surface area contributed by atoms with Gasteiger partial charge in [-0.2, -0.15) is 0 Å². The van der Waals surface area contributed by atoms with E-state index in [1.165, 1.54) is 32.2 Å². The first-order valence-electron chi connectivity index (χ1n) is 4.95. The van der Waals surface area contributed by atoms with E-state index in [9.17, 15) is 0 Å². The maximum absolute atomic E-state index is 3.65. The molecule has 1 nitrogen and oxygen atoms in total. The van der Waals surface area contributed by atoms with Gasteiger partial charge in [0.05, 0.1) is 0 Å². The second kappa shape index (κ2) is 2.48. The molecule has 2 fully saturated rings. The molecule has 0 aromatic carbocycles. The third-order valence-corrected chi connectivity index (χ3v) is 3.61. The van der Waals surface area contributed by atoms with Gasteiger partial charge in [0, 0.05) is 12.6 Å². The average molecular weight is 153 g/mol. The van der Waals surface area contributed by atoms with Crippen LogP contribution in [0, 0.1) is 11.3 Å². The highest BCUT2D eigenvalue weighted by Gasteiger charge is 2.43. The lowest BCUT2D eigenvalue weighted by Gasteiger charge is -2.37. The van der Waals surface area contributed by atoms with Gasteiger partial charge in [-0.05, 0) is 30.6 Å². The van der Waals surface area contributed by atoms with Crippen molar-refractivity contribution in [1.29, 1.82) is 0 Å². The largest absolute Gasteiger partial charge is 0.313 e. The van der Waals surface area contributed by atoms with Crippen LogP contribution in [-0.4, -0.2) is 12.6 Å². The second-order valence-electron chi connectivity index (χ2n) is 4.79. The monoisotopic (exact) mass is 153 g/mol. The van der Waals surface area contributed by atoms with Crippen LogP contribution in [0.4, 0.5) is 0 Å². The Morgan fingerprint density at radius 3 is 2.36 bits per heavy atom. The number of hydrogen-bond donors (Lipinski definition) is 1. The van der Waals surface area contributed by atoms with Crippen molar-refractivity contribution >= 4 is 0 Å². The Kier molecular flexibility index (Phi) is 1.71. The van der Waals surface area contributed by atoms with Crippen molar-refractivity contribution in [2.75, 3.05) is 6.54 Å². The fourth-order valence-electron chi connectivity index (χ4n) is 2.49. The van der Waals surface area contributed by atoms with Crippen LogP contribution in [0.5, 0.6) is 0 Å². The molecule has 1 aliphatic carbocycles. The van der Waals surface area contributed by atoms with E-state index < -0.39 is 0 Å². The molecule has 11 heavy (non-hydrogen) atoms. The molecule has 1 aliphatic heterocycles. The van der Waals surface area contributed by atoms with E-state index in [4.69, 9.17) is 0 Å². The van der Waals surface area contributed by atoms with E-state index in [1.807, 2.05) is 0 Å². The normalized spacial score (nSPS) is 34.6. The molecule has 1 spiro atoms. The zero-order valence-electron chi connectivity index (χ0n) is 7.69. The molecule has 0 amide bonds. The van der Waals surface area contributed by atoms with Crippen LogP contribution in [0.15, 0.2) is 0 Å². The minimum atomic E-state index is 0.759. The summed E-state index contributed by atoms with van der Waals surface area (Å²) in [6, 6.07) is 0.815. The lowest BCUT2D eigenvalue weighted by molar-refractivity contribution is 0.155. The molecule has 1 heteroatoms. The molecule has 2 aliphatic rings. The minimum absolute atomic E-state index is 0.759. The lowest BCUT2D eigenvalue weighted by Crippen LogP contribution is -2.31. The maximum Gasteiger partial charge on any atom is 0.00960 e. The molecular formula is C10H19N. The summed E-state index contributed by atoms with van der Waals surface area (Å²) in [6.45, 7) is 5.96. The maximum atomic E-state index is 3.65. The van der Waals surface area contributed by atoms with Crippen LogP contribution < -0.4 is 5.32 Å². The van der Waals surface area contributed by atoms with Crippen LogP contribution >= 0.6 is 0 Å².